The summed E-state index contributed by atoms with van der Waals surface area (Å²) < 4.78 is 1.93. The van der Waals surface area contributed by atoms with Crippen molar-refractivity contribution in [3.63, 3.8) is 0 Å². The molecule has 30 heavy (non-hydrogen) atoms. The van der Waals surface area contributed by atoms with Crippen LogP contribution in [0.2, 0.25) is 0 Å². The summed E-state index contributed by atoms with van der Waals surface area (Å²) in [5, 5.41) is 7.70. The molecular weight excluding hydrogens is 372 g/mol. The molecule has 5 heteroatoms. The molecule has 1 aromatic heterocycles. The number of para-hydroxylation sites is 1. The molecule has 5 nitrogen and oxygen atoms in total. The number of carbonyl (C=O) groups excluding carboxylic acids is 1. The summed E-state index contributed by atoms with van der Waals surface area (Å²) in [4.78, 5) is 15.1. The predicted octanol–water partition coefficient (Wildman–Crippen LogP) is 4.65. The van der Waals surface area contributed by atoms with E-state index >= 15 is 0 Å². The molecule has 3 aromatic rings. The van der Waals surface area contributed by atoms with Crippen molar-refractivity contribution < 1.29 is 4.79 Å². The second kappa shape index (κ2) is 9.72. The van der Waals surface area contributed by atoms with Gasteiger partial charge < -0.3 is 5.32 Å². The number of hydrogen-bond acceptors (Lipinski definition) is 3. The maximum Gasteiger partial charge on any atom is 0.251 e. The first-order valence-corrected chi connectivity index (χ1v) is 10.6. The first kappa shape index (κ1) is 21.8. The lowest BCUT2D eigenvalue weighted by Crippen LogP contribution is -2.30. The zero-order valence-electron chi connectivity index (χ0n) is 18.6. The fraction of sp³-hybridized carbons (Fsp3) is 0.360. The number of nitrogens with one attached hydrogen (secondary N) is 1. The number of amides is 1. The lowest BCUT2D eigenvalue weighted by Gasteiger charge is -2.24. The highest BCUT2D eigenvalue weighted by molar-refractivity contribution is 5.94. The molecule has 0 aliphatic rings. The van der Waals surface area contributed by atoms with Crippen LogP contribution in [0.25, 0.3) is 5.69 Å². The van der Waals surface area contributed by atoms with E-state index in [1.165, 1.54) is 5.56 Å². The zero-order valence-corrected chi connectivity index (χ0v) is 18.6. The summed E-state index contributed by atoms with van der Waals surface area (Å²) >= 11 is 0. The Balaban J connectivity index is 1.65. The van der Waals surface area contributed by atoms with Crippen molar-refractivity contribution in [2.75, 3.05) is 6.54 Å². The normalized spacial score (nSPS) is 11.3. The van der Waals surface area contributed by atoms with Gasteiger partial charge in [0.25, 0.3) is 5.91 Å². The number of rotatable bonds is 8. The standard InChI is InChI=1S/C25H32N4O/c1-6-28(18(2)3)17-21-12-14-22(15-13-21)25(30)26-16-24-19(4)27-29(20(24)5)23-10-8-7-9-11-23/h7-15,18H,6,16-17H2,1-5H3,(H,26,30). The van der Waals surface area contributed by atoms with Crippen molar-refractivity contribution in [1.82, 2.24) is 20.0 Å². The summed E-state index contributed by atoms with van der Waals surface area (Å²) in [6, 6.07) is 18.5. The van der Waals surface area contributed by atoms with Gasteiger partial charge in [-0.15, -0.1) is 0 Å². The van der Waals surface area contributed by atoms with Gasteiger partial charge in [0.05, 0.1) is 11.4 Å². The Morgan fingerprint density at radius 1 is 1.07 bits per heavy atom. The minimum atomic E-state index is -0.0657. The number of nitrogens with zero attached hydrogens (tertiary/aromatic N) is 3. The third-order valence-electron chi connectivity index (χ3n) is 5.61. The van der Waals surface area contributed by atoms with Crippen LogP contribution in [0.5, 0.6) is 0 Å². The van der Waals surface area contributed by atoms with E-state index in [0.717, 1.165) is 35.7 Å². The highest BCUT2D eigenvalue weighted by atomic mass is 16.1. The molecule has 0 bridgehead atoms. The molecule has 2 aromatic carbocycles. The summed E-state index contributed by atoms with van der Waals surface area (Å²) in [6.07, 6.45) is 0. The van der Waals surface area contributed by atoms with E-state index in [9.17, 15) is 4.79 Å². The van der Waals surface area contributed by atoms with Crippen molar-refractivity contribution in [3.05, 3.63) is 82.7 Å². The Bertz CT molecular complexity index is 974. The van der Waals surface area contributed by atoms with Crippen molar-refractivity contribution in [1.29, 1.82) is 0 Å². The minimum absolute atomic E-state index is 0.0657. The molecule has 0 atom stereocenters. The van der Waals surface area contributed by atoms with Crippen molar-refractivity contribution in [2.45, 2.75) is 53.8 Å². The molecule has 0 unspecified atom stereocenters. The second-order valence-electron chi connectivity index (χ2n) is 7.93. The van der Waals surface area contributed by atoms with Crippen LogP contribution < -0.4 is 5.32 Å². The van der Waals surface area contributed by atoms with Gasteiger partial charge in [-0.05, 0) is 64.1 Å². The Morgan fingerprint density at radius 2 is 1.73 bits per heavy atom. The Hall–Kier alpha value is -2.92. The monoisotopic (exact) mass is 404 g/mol. The fourth-order valence-electron chi connectivity index (χ4n) is 3.68. The molecule has 1 amide bonds. The molecular formula is C25H32N4O. The molecule has 0 saturated heterocycles. The van der Waals surface area contributed by atoms with E-state index in [2.05, 4.69) is 36.1 Å². The van der Waals surface area contributed by atoms with Gasteiger partial charge in [-0.25, -0.2) is 4.68 Å². The molecule has 158 valence electrons. The highest BCUT2D eigenvalue weighted by Gasteiger charge is 2.14. The van der Waals surface area contributed by atoms with E-state index in [4.69, 9.17) is 0 Å². The average molecular weight is 405 g/mol. The number of carbonyl (C=O) groups is 1. The first-order chi connectivity index (χ1) is 14.4. The van der Waals surface area contributed by atoms with Crippen molar-refractivity contribution in [3.8, 4) is 5.69 Å². The predicted molar refractivity (Wildman–Crippen MR) is 122 cm³/mol. The van der Waals surface area contributed by atoms with Crippen LogP contribution in [0.4, 0.5) is 0 Å². The smallest absolute Gasteiger partial charge is 0.251 e. The number of benzene rings is 2. The molecule has 0 aliphatic heterocycles. The minimum Gasteiger partial charge on any atom is -0.348 e. The van der Waals surface area contributed by atoms with Gasteiger partial charge in [0.2, 0.25) is 0 Å². The van der Waals surface area contributed by atoms with Gasteiger partial charge in [-0.1, -0.05) is 37.3 Å². The van der Waals surface area contributed by atoms with E-state index in [-0.39, 0.29) is 5.91 Å². The van der Waals surface area contributed by atoms with Crippen LogP contribution in [-0.2, 0) is 13.1 Å². The maximum absolute atomic E-state index is 12.7. The van der Waals surface area contributed by atoms with Crippen molar-refractivity contribution >= 4 is 5.91 Å². The van der Waals surface area contributed by atoms with Crippen LogP contribution in [0.1, 0.15) is 53.6 Å². The largest absolute Gasteiger partial charge is 0.348 e. The third kappa shape index (κ3) is 4.97. The molecule has 0 saturated carbocycles. The van der Waals surface area contributed by atoms with Gasteiger partial charge in [0.15, 0.2) is 0 Å². The Morgan fingerprint density at radius 3 is 2.33 bits per heavy atom. The SMILES string of the molecule is CCN(Cc1ccc(C(=O)NCc2c(C)nn(-c3ccccc3)c2C)cc1)C(C)C. The zero-order chi connectivity index (χ0) is 21.7. The van der Waals surface area contributed by atoms with Crippen molar-refractivity contribution in [2.24, 2.45) is 0 Å². The Kier molecular flexibility index (Phi) is 7.06. The fourth-order valence-corrected chi connectivity index (χ4v) is 3.68. The van der Waals surface area contributed by atoms with Gasteiger partial charge in [-0.2, -0.15) is 5.10 Å². The molecule has 1 N–H and O–H groups in total. The summed E-state index contributed by atoms with van der Waals surface area (Å²) in [5.74, 6) is -0.0657. The Labute approximate surface area is 179 Å². The third-order valence-corrected chi connectivity index (χ3v) is 5.61. The van der Waals surface area contributed by atoms with E-state index < -0.39 is 0 Å². The number of aryl methyl sites for hydroxylation is 1. The van der Waals surface area contributed by atoms with Crippen LogP contribution in [-0.4, -0.2) is 33.2 Å². The van der Waals surface area contributed by atoms with Crippen LogP contribution >= 0.6 is 0 Å². The summed E-state index contributed by atoms with van der Waals surface area (Å²) in [6.45, 7) is 13.0. The molecule has 0 spiro atoms. The molecule has 0 fully saturated rings. The molecule has 1 heterocycles. The quantitative estimate of drug-likeness (QED) is 0.595. The van der Waals surface area contributed by atoms with Crippen LogP contribution in [0, 0.1) is 13.8 Å². The van der Waals surface area contributed by atoms with Crippen LogP contribution in [0.3, 0.4) is 0 Å². The average Bonchev–Trinajstić information content (AvgIpc) is 3.04. The van der Waals surface area contributed by atoms with E-state index in [1.807, 2.05) is 73.1 Å². The van der Waals surface area contributed by atoms with Gasteiger partial charge in [-0.3, -0.25) is 9.69 Å². The molecule has 3 rings (SSSR count). The maximum atomic E-state index is 12.7. The van der Waals surface area contributed by atoms with Gasteiger partial charge >= 0.3 is 0 Å². The van der Waals surface area contributed by atoms with Gasteiger partial charge in [0.1, 0.15) is 0 Å². The summed E-state index contributed by atoms with van der Waals surface area (Å²) in [7, 11) is 0. The van der Waals surface area contributed by atoms with E-state index in [0.29, 0.717) is 18.2 Å². The molecule has 0 radical (unpaired) electrons. The number of hydrogen-bond donors (Lipinski definition) is 1. The second-order valence-corrected chi connectivity index (χ2v) is 7.93. The van der Waals surface area contributed by atoms with Crippen LogP contribution in [0.15, 0.2) is 54.6 Å². The summed E-state index contributed by atoms with van der Waals surface area (Å²) in [5.41, 5.74) is 5.95. The molecule has 0 aliphatic carbocycles. The van der Waals surface area contributed by atoms with Gasteiger partial charge in [0, 0.05) is 36.0 Å². The highest BCUT2D eigenvalue weighted by Crippen LogP contribution is 2.18. The topological polar surface area (TPSA) is 50.2 Å². The van der Waals surface area contributed by atoms with E-state index in [1.54, 1.807) is 0 Å². The lowest BCUT2D eigenvalue weighted by molar-refractivity contribution is 0.0951. The lowest BCUT2D eigenvalue weighted by atomic mass is 10.1. The number of aromatic nitrogens is 2. The first-order valence-electron chi connectivity index (χ1n) is 10.6.